The van der Waals surface area contributed by atoms with Crippen LogP contribution in [0.15, 0.2) is 6.20 Å². The van der Waals surface area contributed by atoms with Crippen LogP contribution in [0.3, 0.4) is 0 Å². The maximum absolute atomic E-state index is 12.0. The maximum Gasteiger partial charge on any atom is 0.185 e. The van der Waals surface area contributed by atoms with Crippen LogP contribution in [0.5, 0.6) is 0 Å². The standard InChI is InChI=1S/C11H19N3O2/c1-5-6-14-9(8-12-13-14)10(15)7-11(2,3)16-4/h8H,5-7H2,1-4H3. The van der Waals surface area contributed by atoms with Crippen molar-refractivity contribution < 1.29 is 9.53 Å². The van der Waals surface area contributed by atoms with Gasteiger partial charge in [-0.25, -0.2) is 4.68 Å². The van der Waals surface area contributed by atoms with E-state index in [0.717, 1.165) is 6.42 Å². The van der Waals surface area contributed by atoms with Crippen LogP contribution < -0.4 is 0 Å². The lowest BCUT2D eigenvalue weighted by Crippen LogP contribution is -2.27. The van der Waals surface area contributed by atoms with Gasteiger partial charge in [-0.05, 0) is 20.3 Å². The van der Waals surface area contributed by atoms with Crippen LogP contribution in [-0.2, 0) is 11.3 Å². The molecule has 0 amide bonds. The molecule has 5 heteroatoms. The van der Waals surface area contributed by atoms with Crippen LogP contribution in [0, 0.1) is 0 Å². The Bertz CT molecular complexity index is 358. The number of nitrogens with zero attached hydrogens (tertiary/aromatic N) is 3. The molecular formula is C11H19N3O2. The van der Waals surface area contributed by atoms with E-state index < -0.39 is 5.60 Å². The normalized spacial score (nSPS) is 11.8. The number of carbonyl (C=O) groups excluding carboxylic acids is 1. The van der Waals surface area contributed by atoms with E-state index in [0.29, 0.717) is 18.7 Å². The first-order valence-electron chi connectivity index (χ1n) is 5.47. The summed E-state index contributed by atoms with van der Waals surface area (Å²) in [5, 5.41) is 7.66. The summed E-state index contributed by atoms with van der Waals surface area (Å²) in [6.07, 6.45) is 2.78. The molecule has 1 heterocycles. The number of rotatable bonds is 6. The van der Waals surface area contributed by atoms with Gasteiger partial charge in [-0.1, -0.05) is 12.1 Å². The minimum absolute atomic E-state index is 0.0188. The van der Waals surface area contributed by atoms with Crippen LogP contribution in [0.4, 0.5) is 0 Å². The first kappa shape index (κ1) is 12.8. The van der Waals surface area contributed by atoms with E-state index in [2.05, 4.69) is 10.3 Å². The molecule has 0 saturated heterocycles. The largest absolute Gasteiger partial charge is 0.378 e. The lowest BCUT2D eigenvalue weighted by Gasteiger charge is -2.21. The van der Waals surface area contributed by atoms with Gasteiger partial charge in [0, 0.05) is 20.1 Å². The van der Waals surface area contributed by atoms with Crippen molar-refractivity contribution in [1.29, 1.82) is 0 Å². The Balaban J connectivity index is 2.76. The smallest absolute Gasteiger partial charge is 0.185 e. The van der Waals surface area contributed by atoms with E-state index in [1.165, 1.54) is 6.20 Å². The van der Waals surface area contributed by atoms with Gasteiger partial charge in [-0.3, -0.25) is 4.79 Å². The fourth-order valence-electron chi connectivity index (χ4n) is 1.40. The average Bonchev–Trinajstić information content (AvgIpc) is 2.66. The van der Waals surface area contributed by atoms with Crippen molar-refractivity contribution in [2.24, 2.45) is 0 Å². The molecule has 0 saturated carbocycles. The molecule has 1 aromatic rings. The summed E-state index contributed by atoms with van der Waals surface area (Å²) in [5.74, 6) is 0.0188. The van der Waals surface area contributed by atoms with Crippen molar-refractivity contribution in [3.8, 4) is 0 Å². The van der Waals surface area contributed by atoms with Gasteiger partial charge in [0.1, 0.15) is 5.69 Å². The van der Waals surface area contributed by atoms with Crippen LogP contribution in [-0.4, -0.2) is 33.5 Å². The molecule has 1 aromatic heterocycles. The molecule has 0 aromatic carbocycles. The van der Waals surface area contributed by atoms with Crippen molar-refractivity contribution in [3.63, 3.8) is 0 Å². The summed E-state index contributed by atoms with van der Waals surface area (Å²) in [6, 6.07) is 0. The molecule has 0 bridgehead atoms. The van der Waals surface area contributed by atoms with Crippen molar-refractivity contribution in [2.75, 3.05) is 7.11 Å². The SMILES string of the molecule is CCCn1nncc1C(=O)CC(C)(C)OC. The first-order valence-corrected chi connectivity index (χ1v) is 5.47. The molecule has 0 N–H and O–H groups in total. The first-order chi connectivity index (χ1) is 7.50. The van der Waals surface area contributed by atoms with E-state index in [-0.39, 0.29) is 5.78 Å². The van der Waals surface area contributed by atoms with E-state index in [9.17, 15) is 4.79 Å². The van der Waals surface area contributed by atoms with Gasteiger partial charge in [-0.15, -0.1) is 5.10 Å². The second-order valence-electron chi connectivity index (χ2n) is 4.41. The van der Waals surface area contributed by atoms with Gasteiger partial charge in [0.05, 0.1) is 11.8 Å². The van der Waals surface area contributed by atoms with Crippen molar-refractivity contribution in [2.45, 2.75) is 45.8 Å². The Morgan fingerprint density at radius 1 is 1.56 bits per heavy atom. The average molecular weight is 225 g/mol. The fourth-order valence-corrected chi connectivity index (χ4v) is 1.40. The van der Waals surface area contributed by atoms with Crippen LogP contribution in [0.25, 0.3) is 0 Å². The second kappa shape index (κ2) is 5.21. The minimum atomic E-state index is -0.446. The molecule has 16 heavy (non-hydrogen) atoms. The van der Waals surface area contributed by atoms with Gasteiger partial charge in [-0.2, -0.15) is 0 Å². The fraction of sp³-hybridized carbons (Fsp3) is 0.727. The molecular weight excluding hydrogens is 206 g/mol. The zero-order chi connectivity index (χ0) is 12.2. The van der Waals surface area contributed by atoms with Gasteiger partial charge in [0.15, 0.2) is 5.78 Å². The number of methoxy groups -OCH3 is 1. The topological polar surface area (TPSA) is 57.0 Å². The van der Waals surface area contributed by atoms with E-state index in [1.54, 1.807) is 11.8 Å². The number of aryl methyl sites for hydroxylation is 1. The molecule has 0 aliphatic rings. The van der Waals surface area contributed by atoms with Crippen molar-refractivity contribution >= 4 is 5.78 Å². The number of hydrogen-bond donors (Lipinski definition) is 0. The highest BCUT2D eigenvalue weighted by molar-refractivity contribution is 5.94. The summed E-state index contributed by atoms with van der Waals surface area (Å²) in [4.78, 5) is 12.0. The molecule has 0 spiro atoms. The molecule has 0 aliphatic carbocycles. The van der Waals surface area contributed by atoms with E-state index in [1.807, 2.05) is 20.8 Å². The highest BCUT2D eigenvalue weighted by Crippen LogP contribution is 2.16. The van der Waals surface area contributed by atoms with Gasteiger partial charge < -0.3 is 4.74 Å². The molecule has 5 nitrogen and oxygen atoms in total. The Morgan fingerprint density at radius 3 is 2.81 bits per heavy atom. The quantitative estimate of drug-likeness (QED) is 0.691. The van der Waals surface area contributed by atoms with Crippen LogP contribution >= 0.6 is 0 Å². The van der Waals surface area contributed by atoms with E-state index >= 15 is 0 Å². The van der Waals surface area contributed by atoms with E-state index in [4.69, 9.17) is 4.74 Å². The number of carbonyl (C=O) groups is 1. The summed E-state index contributed by atoms with van der Waals surface area (Å²) >= 11 is 0. The molecule has 0 fully saturated rings. The van der Waals surface area contributed by atoms with Gasteiger partial charge in [0.25, 0.3) is 0 Å². The Hall–Kier alpha value is -1.23. The summed E-state index contributed by atoms with van der Waals surface area (Å²) in [7, 11) is 1.61. The minimum Gasteiger partial charge on any atom is -0.378 e. The second-order valence-corrected chi connectivity index (χ2v) is 4.41. The Kier molecular flexibility index (Phi) is 4.18. The zero-order valence-corrected chi connectivity index (χ0v) is 10.4. The molecule has 0 atom stereocenters. The lowest BCUT2D eigenvalue weighted by molar-refractivity contribution is 0.0169. The van der Waals surface area contributed by atoms with Crippen molar-refractivity contribution in [3.05, 3.63) is 11.9 Å². The number of Topliss-reactive ketones (excluding diaryl/α,β-unsaturated/α-hetero) is 1. The number of aromatic nitrogens is 3. The number of ketones is 1. The summed E-state index contributed by atoms with van der Waals surface area (Å²) in [5.41, 5.74) is 0.116. The van der Waals surface area contributed by atoms with Gasteiger partial charge >= 0.3 is 0 Å². The lowest BCUT2D eigenvalue weighted by atomic mass is 10.0. The molecule has 0 unspecified atom stereocenters. The van der Waals surface area contributed by atoms with Crippen LogP contribution in [0.2, 0.25) is 0 Å². The molecule has 0 radical (unpaired) electrons. The third-order valence-corrected chi connectivity index (χ3v) is 2.48. The molecule has 1 rings (SSSR count). The monoisotopic (exact) mass is 225 g/mol. The third kappa shape index (κ3) is 3.13. The third-order valence-electron chi connectivity index (χ3n) is 2.48. The predicted molar refractivity (Wildman–Crippen MR) is 60.3 cm³/mol. The maximum atomic E-state index is 12.0. The van der Waals surface area contributed by atoms with Gasteiger partial charge in [0.2, 0.25) is 0 Å². The zero-order valence-electron chi connectivity index (χ0n) is 10.4. The van der Waals surface area contributed by atoms with Crippen molar-refractivity contribution in [1.82, 2.24) is 15.0 Å². The predicted octanol–water partition coefficient (Wildman–Crippen LogP) is 1.69. The van der Waals surface area contributed by atoms with Crippen LogP contribution in [0.1, 0.15) is 44.1 Å². The Morgan fingerprint density at radius 2 is 2.25 bits per heavy atom. The number of ether oxygens (including phenoxy) is 1. The summed E-state index contributed by atoms with van der Waals surface area (Å²) < 4.78 is 6.88. The number of hydrogen-bond acceptors (Lipinski definition) is 4. The summed E-state index contributed by atoms with van der Waals surface area (Å²) in [6.45, 7) is 6.53. The molecule has 90 valence electrons. The Labute approximate surface area is 95.8 Å². The highest BCUT2D eigenvalue weighted by atomic mass is 16.5. The highest BCUT2D eigenvalue weighted by Gasteiger charge is 2.24. The molecule has 0 aliphatic heterocycles.